The Morgan fingerprint density at radius 2 is 1.86 bits per heavy atom. The number of likely N-dealkylation sites (tertiary alicyclic amines) is 1. The van der Waals surface area contributed by atoms with Gasteiger partial charge in [0.15, 0.2) is 5.79 Å². The molecule has 0 bridgehead atoms. The highest BCUT2D eigenvalue weighted by Crippen LogP contribution is 2.34. The van der Waals surface area contributed by atoms with Gasteiger partial charge in [0.25, 0.3) is 0 Å². The third-order valence-corrected chi connectivity index (χ3v) is 4.67. The van der Waals surface area contributed by atoms with Crippen molar-refractivity contribution in [3.63, 3.8) is 0 Å². The van der Waals surface area contributed by atoms with E-state index in [1.165, 1.54) is 11.1 Å². The maximum absolute atomic E-state index is 10.5. The van der Waals surface area contributed by atoms with Gasteiger partial charge in [0.2, 0.25) is 0 Å². The minimum atomic E-state index is -0.433. The van der Waals surface area contributed by atoms with Crippen LogP contribution in [0.15, 0.2) is 18.2 Å². The number of aryl methyl sites for hydroxylation is 2. The van der Waals surface area contributed by atoms with Crippen molar-refractivity contribution in [2.45, 2.75) is 51.6 Å². The first-order valence-electron chi connectivity index (χ1n) is 8.26. The smallest absolute Gasteiger partial charge is 0.171 e. The molecule has 3 rings (SSSR count). The molecule has 4 heteroatoms. The molecule has 0 amide bonds. The number of piperidine rings is 1. The highest BCUT2D eigenvalue weighted by atomic mass is 16.7. The molecule has 22 heavy (non-hydrogen) atoms. The fourth-order valence-electron chi connectivity index (χ4n) is 3.59. The first-order chi connectivity index (χ1) is 10.5. The van der Waals surface area contributed by atoms with Crippen LogP contribution >= 0.6 is 0 Å². The molecule has 1 aromatic rings. The topological polar surface area (TPSA) is 41.9 Å². The molecule has 1 spiro atoms. The van der Waals surface area contributed by atoms with Crippen LogP contribution in [0.25, 0.3) is 0 Å². The van der Waals surface area contributed by atoms with Crippen molar-refractivity contribution in [2.24, 2.45) is 0 Å². The van der Waals surface area contributed by atoms with Crippen molar-refractivity contribution < 1.29 is 14.6 Å². The monoisotopic (exact) mass is 305 g/mol. The number of nitrogens with zero attached hydrogens (tertiary/aromatic N) is 1. The fraction of sp³-hybridized carbons (Fsp3) is 0.667. The molecule has 2 unspecified atom stereocenters. The van der Waals surface area contributed by atoms with Gasteiger partial charge in [-0.05, 0) is 26.3 Å². The van der Waals surface area contributed by atoms with E-state index in [1.807, 2.05) is 0 Å². The summed E-state index contributed by atoms with van der Waals surface area (Å²) in [5.74, 6) is -0.360. The molecule has 2 saturated heterocycles. The molecule has 0 radical (unpaired) electrons. The summed E-state index contributed by atoms with van der Waals surface area (Å²) < 4.78 is 11.8. The summed E-state index contributed by atoms with van der Waals surface area (Å²) >= 11 is 0. The Labute approximate surface area is 133 Å². The van der Waals surface area contributed by atoms with Gasteiger partial charge in [0, 0.05) is 32.5 Å². The average Bonchev–Trinajstić information content (AvgIpc) is 2.82. The Morgan fingerprint density at radius 3 is 2.41 bits per heavy atom. The molecule has 2 heterocycles. The second-order valence-corrected chi connectivity index (χ2v) is 6.89. The summed E-state index contributed by atoms with van der Waals surface area (Å²) in [6.07, 6.45) is 1.54. The van der Waals surface area contributed by atoms with Crippen molar-refractivity contribution in [3.8, 4) is 0 Å². The summed E-state index contributed by atoms with van der Waals surface area (Å²) in [7, 11) is 0. The Morgan fingerprint density at radius 1 is 1.23 bits per heavy atom. The van der Waals surface area contributed by atoms with Crippen LogP contribution in [0.2, 0.25) is 0 Å². The van der Waals surface area contributed by atoms with Crippen LogP contribution in [-0.4, -0.2) is 48.1 Å². The highest BCUT2D eigenvalue weighted by molar-refractivity contribution is 5.30. The minimum absolute atomic E-state index is 0.201. The number of rotatable bonds is 3. The minimum Gasteiger partial charge on any atom is -0.387 e. The van der Waals surface area contributed by atoms with E-state index in [9.17, 15) is 5.11 Å². The lowest BCUT2D eigenvalue weighted by atomic mass is 10.0. The maximum atomic E-state index is 10.5. The predicted octanol–water partition coefficient (Wildman–Crippen LogP) is 2.56. The summed E-state index contributed by atoms with van der Waals surface area (Å²) in [6, 6.07) is 6.29. The van der Waals surface area contributed by atoms with Crippen LogP contribution in [0.4, 0.5) is 0 Å². The largest absolute Gasteiger partial charge is 0.387 e. The molecule has 2 fully saturated rings. The summed E-state index contributed by atoms with van der Waals surface area (Å²) in [5.41, 5.74) is 3.42. The molecule has 0 aromatic heterocycles. The zero-order chi connectivity index (χ0) is 15.7. The number of hydrogen-bond donors (Lipinski definition) is 1. The molecule has 2 aliphatic rings. The molecule has 1 N–H and O–H groups in total. The standard InChI is InChI=1S/C18H27NO3/c1-13-8-14(2)10-16(9-13)17(20)11-19-6-4-18(5-7-19)21-12-15(3)22-18/h8-10,15,17,20H,4-7,11-12H2,1-3H3. The molecular weight excluding hydrogens is 278 g/mol. The summed E-state index contributed by atoms with van der Waals surface area (Å²) in [6.45, 7) is 9.40. The third kappa shape index (κ3) is 3.51. The van der Waals surface area contributed by atoms with E-state index < -0.39 is 6.10 Å². The first-order valence-corrected chi connectivity index (χ1v) is 8.26. The zero-order valence-corrected chi connectivity index (χ0v) is 13.8. The van der Waals surface area contributed by atoms with E-state index in [1.54, 1.807) is 0 Å². The van der Waals surface area contributed by atoms with E-state index in [0.29, 0.717) is 13.2 Å². The van der Waals surface area contributed by atoms with Crippen LogP contribution in [0.5, 0.6) is 0 Å². The van der Waals surface area contributed by atoms with Crippen molar-refractivity contribution in [1.29, 1.82) is 0 Å². The highest BCUT2D eigenvalue weighted by Gasteiger charge is 2.42. The van der Waals surface area contributed by atoms with Crippen molar-refractivity contribution in [1.82, 2.24) is 4.90 Å². The third-order valence-electron chi connectivity index (χ3n) is 4.67. The van der Waals surface area contributed by atoms with Crippen LogP contribution in [0.1, 0.15) is 42.6 Å². The van der Waals surface area contributed by atoms with Gasteiger partial charge in [-0.2, -0.15) is 0 Å². The Balaban J connectivity index is 1.56. The molecule has 1 aromatic carbocycles. The number of ether oxygens (including phenoxy) is 2. The fourth-order valence-corrected chi connectivity index (χ4v) is 3.59. The van der Waals surface area contributed by atoms with Gasteiger partial charge in [0.05, 0.1) is 18.8 Å². The van der Waals surface area contributed by atoms with Crippen LogP contribution in [0, 0.1) is 13.8 Å². The Kier molecular flexibility index (Phi) is 4.55. The van der Waals surface area contributed by atoms with Gasteiger partial charge in [-0.1, -0.05) is 29.3 Å². The summed E-state index contributed by atoms with van der Waals surface area (Å²) in [4.78, 5) is 2.31. The predicted molar refractivity (Wildman–Crippen MR) is 85.8 cm³/mol. The van der Waals surface area contributed by atoms with E-state index in [-0.39, 0.29) is 11.9 Å². The van der Waals surface area contributed by atoms with E-state index in [0.717, 1.165) is 31.5 Å². The number of β-amino-alcohol motifs (C(OH)–C–C–N with tert-alkyl or cyclic N) is 1. The zero-order valence-electron chi connectivity index (χ0n) is 13.8. The van der Waals surface area contributed by atoms with Gasteiger partial charge in [-0.3, -0.25) is 0 Å². The van der Waals surface area contributed by atoms with Crippen molar-refractivity contribution in [2.75, 3.05) is 26.2 Å². The van der Waals surface area contributed by atoms with Gasteiger partial charge in [0.1, 0.15) is 0 Å². The summed E-state index contributed by atoms with van der Waals surface area (Å²) in [5, 5.41) is 10.5. The molecule has 4 nitrogen and oxygen atoms in total. The van der Waals surface area contributed by atoms with Gasteiger partial charge < -0.3 is 19.5 Å². The lowest BCUT2D eigenvalue weighted by Crippen LogP contribution is -2.46. The average molecular weight is 305 g/mol. The number of hydrogen-bond acceptors (Lipinski definition) is 4. The molecule has 2 atom stereocenters. The van der Waals surface area contributed by atoms with Gasteiger partial charge >= 0.3 is 0 Å². The van der Waals surface area contributed by atoms with Crippen LogP contribution in [0.3, 0.4) is 0 Å². The number of benzene rings is 1. The SMILES string of the molecule is Cc1cc(C)cc(C(O)CN2CCC3(CC2)OCC(C)O3)c1. The van der Waals surface area contributed by atoms with Gasteiger partial charge in [-0.15, -0.1) is 0 Å². The van der Waals surface area contributed by atoms with Crippen molar-refractivity contribution in [3.05, 3.63) is 34.9 Å². The second-order valence-electron chi connectivity index (χ2n) is 6.89. The van der Waals surface area contributed by atoms with Gasteiger partial charge in [-0.25, -0.2) is 0 Å². The van der Waals surface area contributed by atoms with Crippen LogP contribution < -0.4 is 0 Å². The molecule has 0 aliphatic carbocycles. The van der Waals surface area contributed by atoms with Crippen LogP contribution in [-0.2, 0) is 9.47 Å². The first kappa shape index (κ1) is 15.9. The van der Waals surface area contributed by atoms with Crippen molar-refractivity contribution >= 4 is 0 Å². The van der Waals surface area contributed by atoms with E-state index in [2.05, 4.69) is 43.9 Å². The normalized spacial score (nSPS) is 26.5. The number of aliphatic hydroxyl groups is 1. The molecular formula is C18H27NO3. The Hall–Kier alpha value is -0.940. The lowest BCUT2D eigenvalue weighted by molar-refractivity contribution is -0.194. The molecule has 122 valence electrons. The van der Waals surface area contributed by atoms with E-state index in [4.69, 9.17) is 9.47 Å². The van der Waals surface area contributed by atoms with E-state index >= 15 is 0 Å². The molecule has 2 aliphatic heterocycles. The quantitative estimate of drug-likeness (QED) is 0.932. The maximum Gasteiger partial charge on any atom is 0.171 e. The lowest BCUT2D eigenvalue weighted by Gasteiger charge is -2.38. The number of aliphatic hydroxyl groups excluding tert-OH is 1. The second kappa shape index (κ2) is 6.28. The molecule has 0 saturated carbocycles. The Bertz CT molecular complexity index is 503.